The molecule has 1 N–H and O–H groups in total. The Bertz CT molecular complexity index is 1040. The molecule has 0 radical (unpaired) electrons. The summed E-state index contributed by atoms with van der Waals surface area (Å²) in [7, 11) is 1.61. The summed E-state index contributed by atoms with van der Waals surface area (Å²) in [5.74, 6) is 1.73. The maximum absolute atomic E-state index is 12.3. The Hall–Kier alpha value is -3.81. The number of carbonyl (C=O) groups excluding carboxylic acids is 2. The van der Waals surface area contributed by atoms with Crippen LogP contribution in [0, 0.1) is 0 Å². The average molecular weight is 407 g/mol. The van der Waals surface area contributed by atoms with Gasteiger partial charge in [-0.1, -0.05) is 6.07 Å². The normalized spacial score (nSPS) is 13.2. The van der Waals surface area contributed by atoms with Gasteiger partial charge in [-0.3, -0.25) is 9.69 Å². The number of anilines is 2. The molecule has 1 aliphatic heterocycles. The maximum atomic E-state index is 12.3. The summed E-state index contributed by atoms with van der Waals surface area (Å²) in [6.07, 6.45) is 1.86. The highest BCUT2D eigenvalue weighted by Gasteiger charge is 2.23. The fraction of sp³-hybridized carbons (Fsp3) is 0.227. The summed E-state index contributed by atoms with van der Waals surface area (Å²) in [5, 5.41) is 2.84. The van der Waals surface area contributed by atoms with E-state index in [2.05, 4.69) is 10.3 Å². The molecule has 1 saturated heterocycles. The molecule has 8 nitrogen and oxygen atoms in total. The molecule has 8 heteroatoms. The fourth-order valence-corrected chi connectivity index (χ4v) is 3.14. The van der Waals surface area contributed by atoms with Gasteiger partial charge in [0.2, 0.25) is 5.91 Å². The van der Waals surface area contributed by atoms with E-state index in [1.165, 1.54) is 4.90 Å². The minimum absolute atomic E-state index is 0.166. The number of methoxy groups -OCH3 is 1. The molecule has 0 unspecified atom stereocenters. The highest BCUT2D eigenvalue weighted by Crippen LogP contribution is 2.24. The molecule has 0 spiro atoms. The lowest BCUT2D eigenvalue weighted by Gasteiger charge is -2.14. The summed E-state index contributed by atoms with van der Waals surface area (Å²) in [6.45, 7) is 0.862. The minimum atomic E-state index is -0.380. The number of hydrogen-bond acceptors (Lipinski definition) is 6. The van der Waals surface area contributed by atoms with Gasteiger partial charge in [-0.25, -0.2) is 9.78 Å². The molecule has 3 aromatic rings. The summed E-state index contributed by atoms with van der Waals surface area (Å²) in [6, 6.07) is 14.6. The quantitative estimate of drug-likeness (QED) is 0.639. The van der Waals surface area contributed by atoms with Crippen LogP contribution in [0.2, 0.25) is 0 Å². The third-order valence-corrected chi connectivity index (χ3v) is 4.70. The number of cyclic esters (lactones) is 1. The monoisotopic (exact) mass is 407 g/mol. The van der Waals surface area contributed by atoms with E-state index < -0.39 is 0 Å². The molecule has 4 rings (SSSR count). The first kappa shape index (κ1) is 19.5. The van der Waals surface area contributed by atoms with E-state index in [4.69, 9.17) is 13.9 Å². The van der Waals surface area contributed by atoms with Crippen molar-refractivity contribution in [2.24, 2.45) is 0 Å². The first-order valence-electron chi connectivity index (χ1n) is 9.56. The standard InChI is InChI=1S/C22H21N3O5/c1-28-18-7-5-15(6-8-18)19-14-23-21(30-19)10-9-20(26)24-16-3-2-4-17(13-16)25-11-12-29-22(25)27/h2-8,13-14H,9-12H2,1H3,(H,24,26). The van der Waals surface area contributed by atoms with E-state index >= 15 is 0 Å². The van der Waals surface area contributed by atoms with Crippen LogP contribution in [0.15, 0.2) is 59.1 Å². The van der Waals surface area contributed by atoms with E-state index in [0.717, 1.165) is 11.3 Å². The molecule has 1 aliphatic rings. The molecular weight excluding hydrogens is 386 g/mol. The molecule has 1 aromatic heterocycles. The SMILES string of the molecule is COc1ccc(-c2cnc(CCC(=O)Nc3cccc(N4CCOC4=O)c3)o2)cc1. The summed E-state index contributed by atoms with van der Waals surface area (Å²) < 4.78 is 15.9. The molecule has 1 fully saturated rings. The molecular formula is C22H21N3O5. The number of rotatable bonds is 7. The fourth-order valence-electron chi connectivity index (χ4n) is 3.14. The van der Waals surface area contributed by atoms with Crippen molar-refractivity contribution < 1.29 is 23.5 Å². The molecule has 154 valence electrons. The Morgan fingerprint density at radius 3 is 2.80 bits per heavy atom. The minimum Gasteiger partial charge on any atom is -0.497 e. The number of nitrogens with one attached hydrogen (secondary N) is 1. The molecule has 2 aromatic carbocycles. The van der Waals surface area contributed by atoms with Crippen molar-refractivity contribution in [2.75, 3.05) is 30.5 Å². The molecule has 30 heavy (non-hydrogen) atoms. The lowest BCUT2D eigenvalue weighted by Crippen LogP contribution is -2.23. The zero-order valence-electron chi connectivity index (χ0n) is 16.5. The van der Waals surface area contributed by atoms with Gasteiger partial charge in [0.05, 0.1) is 19.9 Å². The zero-order valence-corrected chi connectivity index (χ0v) is 16.5. The second-order valence-electron chi connectivity index (χ2n) is 6.71. The van der Waals surface area contributed by atoms with Gasteiger partial charge in [-0.2, -0.15) is 0 Å². The molecule has 2 heterocycles. The van der Waals surface area contributed by atoms with E-state index in [1.807, 2.05) is 24.3 Å². The predicted octanol–water partition coefficient (Wildman–Crippen LogP) is 3.88. The first-order chi connectivity index (χ1) is 14.6. The van der Waals surface area contributed by atoms with Crippen molar-refractivity contribution in [1.82, 2.24) is 4.98 Å². The molecule has 0 saturated carbocycles. The number of ether oxygens (including phenoxy) is 2. The topological polar surface area (TPSA) is 93.9 Å². The third kappa shape index (κ3) is 4.43. The highest BCUT2D eigenvalue weighted by atomic mass is 16.6. The Kier molecular flexibility index (Phi) is 5.65. The highest BCUT2D eigenvalue weighted by molar-refractivity contribution is 5.93. The third-order valence-electron chi connectivity index (χ3n) is 4.70. The van der Waals surface area contributed by atoms with Crippen LogP contribution in [0.5, 0.6) is 5.75 Å². The number of oxazole rings is 1. The molecule has 0 atom stereocenters. The van der Waals surface area contributed by atoms with Crippen LogP contribution in [0.4, 0.5) is 16.2 Å². The lowest BCUT2D eigenvalue weighted by molar-refractivity contribution is -0.116. The number of nitrogens with zero attached hydrogens (tertiary/aromatic N) is 2. The van der Waals surface area contributed by atoms with Crippen LogP contribution < -0.4 is 15.0 Å². The number of aromatic nitrogens is 1. The second kappa shape index (κ2) is 8.69. The summed E-state index contributed by atoms with van der Waals surface area (Å²) in [4.78, 5) is 29.8. The van der Waals surface area contributed by atoms with Crippen LogP contribution in [0.25, 0.3) is 11.3 Å². The van der Waals surface area contributed by atoms with Gasteiger partial charge in [-0.15, -0.1) is 0 Å². The van der Waals surface area contributed by atoms with Gasteiger partial charge in [0.25, 0.3) is 0 Å². The summed E-state index contributed by atoms with van der Waals surface area (Å²) >= 11 is 0. The van der Waals surface area contributed by atoms with Crippen molar-refractivity contribution in [3.8, 4) is 17.1 Å². The van der Waals surface area contributed by atoms with Gasteiger partial charge in [0.15, 0.2) is 11.7 Å². The largest absolute Gasteiger partial charge is 0.497 e. The lowest BCUT2D eigenvalue weighted by atomic mass is 10.2. The van der Waals surface area contributed by atoms with Crippen LogP contribution in [0.1, 0.15) is 12.3 Å². The Labute approximate surface area is 173 Å². The smallest absolute Gasteiger partial charge is 0.414 e. The van der Waals surface area contributed by atoms with E-state index in [0.29, 0.717) is 42.6 Å². The number of benzene rings is 2. The van der Waals surface area contributed by atoms with Crippen molar-refractivity contribution in [3.63, 3.8) is 0 Å². The van der Waals surface area contributed by atoms with Gasteiger partial charge in [-0.05, 0) is 42.5 Å². The van der Waals surface area contributed by atoms with Gasteiger partial charge < -0.3 is 19.2 Å². The van der Waals surface area contributed by atoms with Gasteiger partial charge in [0, 0.05) is 29.8 Å². The van der Waals surface area contributed by atoms with Crippen LogP contribution in [0.3, 0.4) is 0 Å². The van der Waals surface area contributed by atoms with Crippen LogP contribution in [-0.4, -0.2) is 37.2 Å². The number of hydrogen-bond donors (Lipinski definition) is 1. The van der Waals surface area contributed by atoms with Gasteiger partial charge in [0.1, 0.15) is 12.4 Å². The van der Waals surface area contributed by atoms with E-state index in [9.17, 15) is 9.59 Å². The Balaban J connectivity index is 1.33. The van der Waals surface area contributed by atoms with E-state index in [-0.39, 0.29) is 18.4 Å². The van der Waals surface area contributed by atoms with E-state index in [1.54, 1.807) is 37.6 Å². The first-order valence-corrected chi connectivity index (χ1v) is 9.56. The number of aryl methyl sites for hydroxylation is 1. The predicted molar refractivity (Wildman–Crippen MR) is 111 cm³/mol. The van der Waals surface area contributed by atoms with Crippen molar-refractivity contribution >= 4 is 23.4 Å². The van der Waals surface area contributed by atoms with Crippen LogP contribution >= 0.6 is 0 Å². The average Bonchev–Trinajstić information content (AvgIpc) is 3.41. The number of carbonyl (C=O) groups is 2. The maximum Gasteiger partial charge on any atom is 0.414 e. The second-order valence-corrected chi connectivity index (χ2v) is 6.71. The van der Waals surface area contributed by atoms with Crippen molar-refractivity contribution in [1.29, 1.82) is 0 Å². The zero-order chi connectivity index (χ0) is 20.9. The molecule has 2 amide bonds. The Morgan fingerprint density at radius 1 is 1.23 bits per heavy atom. The van der Waals surface area contributed by atoms with Crippen molar-refractivity contribution in [2.45, 2.75) is 12.8 Å². The Morgan fingerprint density at radius 2 is 2.07 bits per heavy atom. The van der Waals surface area contributed by atoms with Crippen molar-refractivity contribution in [3.05, 3.63) is 60.6 Å². The van der Waals surface area contributed by atoms with Gasteiger partial charge >= 0.3 is 6.09 Å². The number of amides is 2. The molecule has 0 bridgehead atoms. The van der Waals surface area contributed by atoms with Crippen LogP contribution in [-0.2, 0) is 16.0 Å². The molecule has 0 aliphatic carbocycles. The summed E-state index contributed by atoms with van der Waals surface area (Å²) in [5.41, 5.74) is 2.19.